The molecule has 0 bridgehead atoms. The lowest BCUT2D eigenvalue weighted by molar-refractivity contribution is 0.148. The minimum atomic E-state index is -0.00615. The summed E-state index contributed by atoms with van der Waals surface area (Å²) in [5, 5.41) is 12.2. The van der Waals surface area contributed by atoms with E-state index in [2.05, 4.69) is 35.2 Å². The molecule has 4 nitrogen and oxygen atoms in total. The van der Waals surface area contributed by atoms with E-state index in [1.54, 1.807) is 0 Å². The Balaban J connectivity index is 2.23. The number of nitriles is 1. The lowest BCUT2D eigenvalue weighted by Gasteiger charge is -2.33. The number of hydrogen-bond acceptors (Lipinski definition) is 4. The van der Waals surface area contributed by atoms with Crippen LogP contribution in [0.2, 0.25) is 0 Å². The van der Waals surface area contributed by atoms with Gasteiger partial charge >= 0.3 is 0 Å². The summed E-state index contributed by atoms with van der Waals surface area (Å²) in [4.78, 5) is 4.70. The number of likely N-dealkylation sites (N-methyl/N-ethyl adjacent to an activating group) is 1. The fourth-order valence-corrected chi connectivity index (χ4v) is 1.76. The van der Waals surface area contributed by atoms with Crippen molar-refractivity contribution in [3.63, 3.8) is 0 Å². The van der Waals surface area contributed by atoms with E-state index in [-0.39, 0.29) is 6.04 Å². The molecule has 1 fully saturated rings. The Kier molecular flexibility index (Phi) is 5.62. The zero-order valence-electron chi connectivity index (χ0n) is 9.87. The first kappa shape index (κ1) is 12.4. The third kappa shape index (κ3) is 4.61. The van der Waals surface area contributed by atoms with E-state index in [9.17, 15) is 0 Å². The van der Waals surface area contributed by atoms with Crippen LogP contribution in [0, 0.1) is 11.3 Å². The second-order valence-corrected chi connectivity index (χ2v) is 4.24. The van der Waals surface area contributed by atoms with Crippen molar-refractivity contribution in [2.75, 3.05) is 46.3 Å². The molecule has 0 amide bonds. The van der Waals surface area contributed by atoms with Gasteiger partial charge in [-0.3, -0.25) is 4.90 Å². The van der Waals surface area contributed by atoms with E-state index in [0.29, 0.717) is 0 Å². The van der Waals surface area contributed by atoms with Crippen molar-refractivity contribution >= 4 is 0 Å². The molecule has 15 heavy (non-hydrogen) atoms. The van der Waals surface area contributed by atoms with Gasteiger partial charge in [0.25, 0.3) is 0 Å². The fraction of sp³-hybridized carbons (Fsp3) is 0.909. The molecule has 0 aliphatic carbocycles. The summed E-state index contributed by atoms with van der Waals surface area (Å²) in [7, 11) is 2.15. The highest BCUT2D eigenvalue weighted by molar-refractivity contribution is 4.92. The fourth-order valence-electron chi connectivity index (χ4n) is 1.76. The van der Waals surface area contributed by atoms with Crippen LogP contribution in [0.3, 0.4) is 0 Å². The molecule has 1 aliphatic heterocycles. The number of piperazine rings is 1. The predicted molar refractivity (Wildman–Crippen MR) is 61.6 cm³/mol. The lowest BCUT2D eigenvalue weighted by Crippen LogP contribution is -2.49. The number of hydrogen-bond donors (Lipinski definition) is 1. The standard InChI is InChI=1S/C11H22N4/c1-3-4-13-11(9-12)10-15-7-5-14(2)6-8-15/h11,13H,3-8,10H2,1-2H3. The zero-order chi connectivity index (χ0) is 11.1. The number of nitrogens with one attached hydrogen (secondary N) is 1. The Labute approximate surface area is 92.8 Å². The highest BCUT2D eigenvalue weighted by Gasteiger charge is 2.17. The minimum Gasteiger partial charge on any atom is -0.304 e. The maximum Gasteiger partial charge on any atom is 0.108 e. The molecule has 0 aromatic heterocycles. The molecule has 86 valence electrons. The Morgan fingerprint density at radius 2 is 2.00 bits per heavy atom. The first-order chi connectivity index (χ1) is 7.26. The summed E-state index contributed by atoms with van der Waals surface area (Å²) in [6.45, 7) is 8.33. The van der Waals surface area contributed by atoms with E-state index >= 15 is 0 Å². The highest BCUT2D eigenvalue weighted by atomic mass is 15.3. The van der Waals surface area contributed by atoms with Crippen LogP contribution in [0.5, 0.6) is 0 Å². The molecule has 1 unspecified atom stereocenters. The predicted octanol–water partition coefficient (Wildman–Crippen LogP) is 0.126. The van der Waals surface area contributed by atoms with Gasteiger partial charge in [-0.1, -0.05) is 6.92 Å². The maximum absolute atomic E-state index is 8.99. The summed E-state index contributed by atoms with van der Waals surface area (Å²) < 4.78 is 0. The first-order valence-corrected chi connectivity index (χ1v) is 5.80. The van der Waals surface area contributed by atoms with Crippen LogP contribution in [0.25, 0.3) is 0 Å². The summed E-state index contributed by atoms with van der Waals surface area (Å²) in [5.41, 5.74) is 0. The van der Waals surface area contributed by atoms with Gasteiger partial charge in [0.1, 0.15) is 6.04 Å². The largest absolute Gasteiger partial charge is 0.304 e. The number of nitrogens with zero attached hydrogens (tertiary/aromatic N) is 3. The molecule has 1 rings (SSSR count). The summed E-state index contributed by atoms with van der Waals surface area (Å²) >= 11 is 0. The lowest BCUT2D eigenvalue weighted by atomic mass is 10.2. The maximum atomic E-state index is 8.99. The minimum absolute atomic E-state index is 0.00615. The molecule has 1 heterocycles. The third-order valence-electron chi connectivity index (χ3n) is 2.83. The third-order valence-corrected chi connectivity index (χ3v) is 2.83. The monoisotopic (exact) mass is 210 g/mol. The first-order valence-electron chi connectivity index (χ1n) is 5.80. The van der Waals surface area contributed by atoms with Crippen molar-refractivity contribution in [3.8, 4) is 6.07 Å². The summed E-state index contributed by atoms with van der Waals surface area (Å²) in [6.07, 6.45) is 1.08. The second kappa shape index (κ2) is 6.78. The SMILES string of the molecule is CCCNC(C#N)CN1CCN(C)CC1. The molecule has 4 heteroatoms. The van der Waals surface area contributed by atoms with Gasteiger partial charge in [-0.05, 0) is 20.0 Å². The van der Waals surface area contributed by atoms with Crippen LogP contribution in [0.1, 0.15) is 13.3 Å². The molecular weight excluding hydrogens is 188 g/mol. The number of rotatable bonds is 5. The van der Waals surface area contributed by atoms with Crippen LogP contribution in [0.4, 0.5) is 0 Å². The average molecular weight is 210 g/mol. The van der Waals surface area contributed by atoms with Gasteiger partial charge < -0.3 is 10.2 Å². The van der Waals surface area contributed by atoms with Crippen LogP contribution in [-0.4, -0.2) is 62.2 Å². The Morgan fingerprint density at radius 3 is 2.53 bits per heavy atom. The van der Waals surface area contributed by atoms with Gasteiger partial charge in [-0.15, -0.1) is 0 Å². The van der Waals surface area contributed by atoms with Crippen molar-refractivity contribution in [1.82, 2.24) is 15.1 Å². The highest BCUT2D eigenvalue weighted by Crippen LogP contribution is 2.00. The van der Waals surface area contributed by atoms with Crippen molar-refractivity contribution in [3.05, 3.63) is 0 Å². The molecule has 0 radical (unpaired) electrons. The normalized spacial score (nSPS) is 21.1. The molecular formula is C11H22N4. The molecule has 0 aromatic rings. The van der Waals surface area contributed by atoms with Crippen LogP contribution in [0.15, 0.2) is 0 Å². The van der Waals surface area contributed by atoms with Gasteiger partial charge in [0, 0.05) is 32.7 Å². The van der Waals surface area contributed by atoms with Gasteiger partial charge in [-0.25, -0.2) is 0 Å². The molecule has 1 N–H and O–H groups in total. The van der Waals surface area contributed by atoms with E-state index in [0.717, 1.165) is 45.7 Å². The summed E-state index contributed by atoms with van der Waals surface area (Å²) in [5.74, 6) is 0. The second-order valence-electron chi connectivity index (χ2n) is 4.24. The van der Waals surface area contributed by atoms with E-state index in [4.69, 9.17) is 5.26 Å². The van der Waals surface area contributed by atoms with Crippen LogP contribution < -0.4 is 5.32 Å². The Hall–Kier alpha value is -0.630. The van der Waals surface area contributed by atoms with Crippen LogP contribution in [-0.2, 0) is 0 Å². The molecule has 1 saturated heterocycles. The van der Waals surface area contributed by atoms with Crippen molar-refractivity contribution < 1.29 is 0 Å². The van der Waals surface area contributed by atoms with E-state index in [1.807, 2.05) is 0 Å². The quantitative estimate of drug-likeness (QED) is 0.700. The molecule has 0 aromatic carbocycles. The Morgan fingerprint density at radius 1 is 1.33 bits per heavy atom. The smallest absolute Gasteiger partial charge is 0.108 e. The molecule has 1 aliphatic rings. The zero-order valence-corrected chi connectivity index (χ0v) is 9.87. The summed E-state index contributed by atoms with van der Waals surface area (Å²) in [6, 6.07) is 2.32. The van der Waals surface area contributed by atoms with Gasteiger partial charge in [0.15, 0.2) is 0 Å². The van der Waals surface area contributed by atoms with Crippen LogP contribution >= 0.6 is 0 Å². The average Bonchev–Trinajstić information content (AvgIpc) is 2.27. The van der Waals surface area contributed by atoms with Crippen molar-refractivity contribution in [2.24, 2.45) is 0 Å². The van der Waals surface area contributed by atoms with Gasteiger partial charge in [-0.2, -0.15) is 5.26 Å². The molecule has 0 saturated carbocycles. The Bertz CT molecular complexity index is 203. The van der Waals surface area contributed by atoms with E-state index < -0.39 is 0 Å². The van der Waals surface area contributed by atoms with Gasteiger partial charge in [0.05, 0.1) is 6.07 Å². The molecule has 1 atom stereocenters. The van der Waals surface area contributed by atoms with Crippen molar-refractivity contribution in [2.45, 2.75) is 19.4 Å². The topological polar surface area (TPSA) is 42.3 Å². The molecule has 0 spiro atoms. The van der Waals surface area contributed by atoms with E-state index in [1.165, 1.54) is 0 Å². The van der Waals surface area contributed by atoms with Gasteiger partial charge in [0.2, 0.25) is 0 Å². The van der Waals surface area contributed by atoms with Crippen molar-refractivity contribution in [1.29, 1.82) is 5.26 Å².